The third-order valence-electron chi connectivity index (χ3n) is 5.00. The molecule has 0 saturated heterocycles. The summed E-state index contributed by atoms with van der Waals surface area (Å²) in [5.41, 5.74) is 3.50. The SMILES string of the molecule is COC(=O)c1ccc(C(=O)NCCn2nc(C3CC3)cc2C2CC2)cc1. The van der Waals surface area contributed by atoms with Crippen molar-refractivity contribution in [2.75, 3.05) is 13.7 Å². The number of aromatic nitrogens is 2. The van der Waals surface area contributed by atoms with Gasteiger partial charge in [-0.3, -0.25) is 9.48 Å². The second kappa shape index (κ2) is 6.94. The summed E-state index contributed by atoms with van der Waals surface area (Å²) in [6.45, 7) is 1.22. The Hall–Kier alpha value is -2.63. The lowest BCUT2D eigenvalue weighted by molar-refractivity contribution is 0.0600. The van der Waals surface area contributed by atoms with E-state index in [0.717, 1.165) is 0 Å². The number of esters is 1. The Morgan fingerprint density at radius 3 is 2.38 bits per heavy atom. The molecule has 2 aliphatic carbocycles. The minimum absolute atomic E-state index is 0.149. The Morgan fingerprint density at radius 2 is 1.77 bits per heavy atom. The fraction of sp³-hybridized carbons (Fsp3) is 0.450. The van der Waals surface area contributed by atoms with Crippen LogP contribution in [0.5, 0.6) is 0 Å². The number of rotatable bonds is 7. The van der Waals surface area contributed by atoms with Crippen LogP contribution in [0.4, 0.5) is 0 Å². The van der Waals surface area contributed by atoms with Crippen LogP contribution in [-0.4, -0.2) is 35.3 Å². The molecule has 2 aliphatic rings. The van der Waals surface area contributed by atoms with Gasteiger partial charge >= 0.3 is 5.97 Å². The highest BCUT2D eigenvalue weighted by Gasteiger charge is 2.32. The molecule has 0 bridgehead atoms. The Labute approximate surface area is 152 Å². The van der Waals surface area contributed by atoms with Crippen molar-refractivity contribution >= 4 is 11.9 Å². The molecule has 0 atom stereocenters. The quantitative estimate of drug-likeness (QED) is 0.777. The molecule has 1 heterocycles. The van der Waals surface area contributed by atoms with Crippen LogP contribution in [0.2, 0.25) is 0 Å². The van der Waals surface area contributed by atoms with E-state index in [1.54, 1.807) is 24.3 Å². The fourth-order valence-corrected chi connectivity index (χ4v) is 3.17. The van der Waals surface area contributed by atoms with Crippen LogP contribution in [0.25, 0.3) is 0 Å². The number of hydrogen-bond acceptors (Lipinski definition) is 4. The number of benzene rings is 1. The molecule has 1 N–H and O–H groups in total. The second-order valence-corrected chi connectivity index (χ2v) is 7.09. The molecule has 136 valence electrons. The predicted octanol–water partition coefficient (Wildman–Crippen LogP) is 2.85. The van der Waals surface area contributed by atoms with Gasteiger partial charge in [0.1, 0.15) is 0 Å². The minimum Gasteiger partial charge on any atom is -0.465 e. The van der Waals surface area contributed by atoms with Crippen molar-refractivity contribution in [1.29, 1.82) is 0 Å². The van der Waals surface area contributed by atoms with E-state index in [0.29, 0.717) is 36.1 Å². The maximum atomic E-state index is 12.3. The van der Waals surface area contributed by atoms with Gasteiger partial charge in [0.15, 0.2) is 0 Å². The van der Waals surface area contributed by atoms with E-state index in [1.807, 2.05) is 0 Å². The first-order valence-electron chi connectivity index (χ1n) is 9.20. The zero-order valence-electron chi connectivity index (χ0n) is 14.9. The second-order valence-electron chi connectivity index (χ2n) is 7.09. The Bertz CT molecular complexity index is 817. The van der Waals surface area contributed by atoms with Gasteiger partial charge in [-0.15, -0.1) is 0 Å². The van der Waals surface area contributed by atoms with Crippen LogP contribution in [0.3, 0.4) is 0 Å². The van der Waals surface area contributed by atoms with E-state index < -0.39 is 5.97 Å². The van der Waals surface area contributed by atoms with Crippen molar-refractivity contribution in [1.82, 2.24) is 15.1 Å². The highest BCUT2D eigenvalue weighted by molar-refractivity contribution is 5.96. The molecule has 0 spiro atoms. The van der Waals surface area contributed by atoms with Gasteiger partial charge in [-0.1, -0.05) is 0 Å². The molecule has 0 radical (unpaired) electrons. The number of nitrogens with zero attached hydrogens (tertiary/aromatic N) is 2. The van der Waals surface area contributed by atoms with E-state index in [4.69, 9.17) is 5.10 Å². The number of amides is 1. The van der Waals surface area contributed by atoms with Crippen LogP contribution in [0.1, 0.15) is 69.6 Å². The van der Waals surface area contributed by atoms with Gasteiger partial charge in [-0.2, -0.15) is 5.10 Å². The summed E-state index contributed by atoms with van der Waals surface area (Å²) in [6.07, 6.45) is 4.99. The fourth-order valence-electron chi connectivity index (χ4n) is 3.17. The van der Waals surface area contributed by atoms with Crippen LogP contribution < -0.4 is 5.32 Å². The van der Waals surface area contributed by atoms with Crippen LogP contribution >= 0.6 is 0 Å². The number of nitrogens with one attached hydrogen (secondary N) is 1. The third kappa shape index (κ3) is 3.64. The minimum atomic E-state index is -0.408. The van der Waals surface area contributed by atoms with Crippen molar-refractivity contribution < 1.29 is 14.3 Å². The lowest BCUT2D eigenvalue weighted by Crippen LogP contribution is -2.28. The lowest BCUT2D eigenvalue weighted by atomic mass is 10.1. The van der Waals surface area contributed by atoms with Gasteiger partial charge in [0.25, 0.3) is 5.91 Å². The van der Waals surface area contributed by atoms with Crippen molar-refractivity contribution in [2.24, 2.45) is 0 Å². The molecule has 2 saturated carbocycles. The highest BCUT2D eigenvalue weighted by Crippen LogP contribution is 2.44. The normalized spacial score (nSPS) is 16.3. The van der Waals surface area contributed by atoms with Crippen molar-refractivity contribution in [3.05, 3.63) is 52.8 Å². The van der Waals surface area contributed by atoms with Gasteiger partial charge in [0.2, 0.25) is 0 Å². The van der Waals surface area contributed by atoms with Crippen molar-refractivity contribution in [2.45, 2.75) is 44.1 Å². The van der Waals surface area contributed by atoms with Gasteiger partial charge in [-0.05, 0) is 56.0 Å². The summed E-state index contributed by atoms with van der Waals surface area (Å²) in [5.74, 6) is 0.743. The van der Waals surface area contributed by atoms with Crippen molar-refractivity contribution in [3.8, 4) is 0 Å². The summed E-state index contributed by atoms with van der Waals surface area (Å²) in [7, 11) is 1.34. The molecule has 1 amide bonds. The van der Waals surface area contributed by atoms with Gasteiger partial charge in [-0.25, -0.2) is 4.79 Å². The van der Waals surface area contributed by atoms with E-state index in [2.05, 4.69) is 20.8 Å². The zero-order valence-corrected chi connectivity index (χ0v) is 14.9. The molecule has 6 heteroatoms. The smallest absolute Gasteiger partial charge is 0.337 e. The molecule has 0 unspecified atom stereocenters. The average molecular weight is 353 g/mol. The van der Waals surface area contributed by atoms with E-state index >= 15 is 0 Å². The Kier molecular flexibility index (Phi) is 4.49. The first-order valence-corrected chi connectivity index (χ1v) is 9.20. The van der Waals surface area contributed by atoms with Crippen molar-refractivity contribution in [3.63, 3.8) is 0 Å². The molecule has 1 aromatic carbocycles. The maximum absolute atomic E-state index is 12.3. The van der Waals surface area contributed by atoms with Gasteiger partial charge in [0.05, 0.1) is 24.9 Å². The molecule has 2 fully saturated rings. The summed E-state index contributed by atoms with van der Waals surface area (Å²) < 4.78 is 6.74. The molecule has 4 rings (SSSR count). The number of ether oxygens (including phenoxy) is 1. The summed E-state index contributed by atoms with van der Waals surface area (Å²) in [5, 5.41) is 7.69. The van der Waals surface area contributed by atoms with Gasteiger partial charge in [0, 0.05) is 29.6 Å². The largest absolute Gasteiger partial charge is 0.465 e. The summed E-state index contributed by atoms with van der Waals surface area (Å²) in [6, 6.07) is 8.73. The molecular formula is C20H23N3O3. The average Bonchev–Trinajstić information content (AvgIpc) is 3.59. The third-order valence-corrected chi connectivity index (χ3v) is 5.00. The molecule has 6 nitrogen and oxygen atoms in total. The predicted molar refractivity (Wildman–Crippen MR) is 96.3 cm³/mol. The highest BCUT2D eigenvalue weighted by atomic mass is 16.5. The standard InChI is InChI=1S/C20H23N3O3/c1-26-20(25)16-8-6-15(7-9-16)19(24)21-10-11-23-18(14-4-5-14)12-17(22-23)13-2-3-13/h6-9,12-14H,2-5,10-11H2,1H3,(H,21,24). The Balaban J connectivity index is 1.34. The van der Waals surface area contributed by atoms with Crippen LogP contribution in [-0.2, 0) is 11.3 Å². The molecule has 0 aliphatic heterocycles. The monoisotopic (exact) mass is 353 g/mol. The topological polar surface area (TPSA) is 73.2 Å². The number of carbonyl (C=O) groups is 2. The van der Waals surface area contributed by atoms with Crippen LogP contribution in [0, 0.1) is 0 Å². The Morgan fingerprint density at radius 1 is 1.12 bits per heavy atom. The number of methoxy groups -OCH3 is 1. The van der Waals surface area contributed by atoms with E-state index in [9.17, 15) is 9.59 Å². The summed E-state index contributed by atoms with van der Waals surface area (Å²) >= 11 is 0. The molecule has 26 heavy (non-hydrogen) atoms. The van der Waals surface area contributed by atoms with E-state index in [1.165, 1.54) is 44.2 Å². The summed E-state index contributed by atoms with van der Waals surface area (Å²) in [4.78, 5) is 23.7. The van der Waals surface area contributed by atoms with E-state index in [-0.39, 0.29) is 5.91 Å². The molecular weight excluding hydrogens is 330 g/mol. The van der Waals surface area contributed by atoms with Crippen LogP contribution in [0.15, 0.2) is 30.3 Å². The maximum Gasteiger partial charge on any atom is 0.337 e. The first-order chi connectivity index (χ1) is 12.7. The first kappa shape index (κ1) is 16.8. The number of hydrogen-bond donors (Lipinski definition) is 1. The molecule has 1 aromatic heterocycles. The zero-order chi connectivity index (χ0) is 18.1. The molecule has 2 aromatic rings. The van der Waals surface area contributed by atoms with Gasteiger partial charge < -0.3 is 10.1 Å². The number of carbonyl (C=O) groups excluding carboxylic acids is 2. The lowest BCUT2D eigenvalue weighted by Gasteiger charge is -2.09.